The molecule has 21 heavy (non-hydrogen) atoms. The summed E-state index contributed by atoms with van der Waals surface area (Å²) in [6, 6.07) is -0.618. The van der Waals surface area contributed by atoms with Gasteiger partial charge in [-0.1, -0.05) is 12.8 Å². The van der Waals surface area contributed by atoms with Gasteiger partial charge in [0.25, 0.3) is 0 Å². The summed E-state index contributed by atoms with van der Waals surface area (Å²) in [5.74, 6) is -0.341. The SMILES string of the molecule is O=C(O)C1COCCN1C(=O)C1CCC2CCCCC2N1. The molecule has 3 fully saturated rings. The molecular weight excluding hydrogens is 272 g/mol. The maximum atomic E-state index is 12.7. The molecule has 118 valence electrons. The van der Waals surface area contributed by atoms with Crippen LogP contribution in [0.2, 0.25) is 0 Å². The molecule has 0 radical (unpaired) electrons. The molecule has 2 heterocycles. The van der Waals surface area contributed by atoms with Crippen LogP contribution in [0.5, 0.6) is 0 Å². The van der Waals surface area contributed by atoms with Crippen molar-refractivity contribution in [2.45, 2.75) is 56.7 Å². The maximum absolute atomic E-state index is 12.7. The van der Waals surface area contributed by atoms with Gasteiger partial charge in [-0.2, -0.15) is 0 Å². The van der Waals surface area contributed by atoms with Gasteiger partial charge < -0.3 is 20.1 Å². The van der Waals surface area contributed by atoms with Crippen LogP contribution in [0.4, 0.5) is 0 Å². The lowest BCUT2D eigenvalue weighted by molar-refractivity contribution is -0.159. The summed E-state index contributed by atoms with van der Waals surface area (Å²) in [5.41, 5.74) is 0. The van der Waals surface area contributed by atoms with Crippen LogP contribution in [-0.2, 0) is 14.3 Å². The summed E-state index contributed by atoms with van der Waals surface area (Å²) in [4.78, 5) is 25.5. The average Bonchev–Trinajstić information content (AvgIpc) is 2.53. The highest BCUT2D eigenvalue weighted by Gasteiger charge is 2.40. The van der Waals surface area contributed by atoms with Gasteiger partial charge in [0.15, 0.2) is 6.04 Å². The first-order chi connectivity index (χ1) is 10.2. The smallest absolute Gasteiger partial charge is 0.328 e. The van der Waals surface area contributed by atoms with Crippen molar-refractivity contribution in [3.05, 3.63) is 0 Å². The molecule has 1 saturated carbocycles. The van der Waals surface area contributed by atoms with E-state index in [1.807, 2.05) is 0 Å². The number of aliphatic carboxylic acids is 1. The van der Waals surface area contributed by atoms with Crippen molar-refractivity contribution in [2.24, 2.45) is 5.92 Å². The second-order valence-corrected chi connectivity index (χ2v) is 6.41. The standard InChI is InChI=1S/C15H24N2O4/c18-14(17-7-8-21-9-13(17)15(19)20)12-6-5-10-3-1-2-4-11(10)16-12/h10-13,16H,1-9H2,(H,19,20). The molecule has 2 N–H and O–H groups in total. The third-order valence-corrected chi connectivity index (χ3v) is 5.15. The number of hydrogen-bond donors (Lipinski definition) is 2. The van der Waals surface area contributed by atoms with E-state index in [-0.39, 0.29) is 18.6 Å². The summed E-state index contributed by atoms with van der Waals surface area (Å²) in [6.07, 6.45) is 6.82. The fourth-order valence-corrected chi connectivity index (χ4v) is 3.96. The summed E-state index contributed by atoms with van der Waals surface area (Å²) in [6.45, 7) is 0.899. The lowest BCUT2D eigenvalue weighted by Crippen LogP contribution is -2.61. The van der Waals surface area contributed by atoms with Gasteiger partial charge >= 0.3 is 5.97 Å². The highest BCUT2D eigenvalue weighted by Crippen LogP contribution is 2.32. The van der Waals surface area contributed by atoms with Gasteiger partial charge in [-0.05, 0) is 31.6 Å². The first kappa shape index (κ1) is 14.8. The number of nitrogens with zero attached hydrogens (tertiary/aromatic N) is 1. The molecule has 0 aromatic rings. The molecule has 2 saturated heterocycles. The van der Waals surface area contributed by atoms with Crippen molar-refractivity contribution in [3.8, 4) is 0 Å². The molecule has 0 aromatic carbocycles. The van der Waals surface area contributed by atoms with Crippen molar-refractivity contribution >= 4 is 11.9 Å². The number of ether oxygens (including phenoxy) is 1. The van der Waals surface area contributed by atoms with Crippen molar-refractivity contribution in [1.82, 2.24) is 10.2 Å². The van der Waals surface area contributed by atoms with Gasteiger partial charge in [-0.3, -0.25) is 4.79 Å². The van der Waals surface area contributed by atoms with E-state index in [4.69, 9.17) is 4.74 Å². The molecule has 4 atom stereocenters. The zero-order chi connectivity index (χ0) is 14.8. The Morgan fingerprint density at radius 1 is 1.14 bits per heavy atom. The van der Waals surface area contributed by atoms with Crippen LogP contribution in [0.3, 0.4) is 0 Å². The fraction of sp³-hybridized carbons (Fsp3) is 0.867. The molecule has 0 spiro atoms. The van der Waals surface area contributed by atoms with Gasteiger partial charge in [-0.25, -0.2) is 4.79 Å². The van der Waals surface area contributed by atoms with Gasteiger partial charge in [0.05, 0.1) is 19.3 Å². The predicted molar refractivity (Wildman–Crippen MR) is 75.9 cm³/mol. The second kappa shape index (κ2) is 6.32. The van der Waals surface area contributed by atoms with E-state index >= 15 is 0 Å². The summed E-state index contributed by atoms with van der Waals surface area (Å²) in [5, 5.41) is 12.7. The molecule has 3 aliphatic rings. The molecular formula is C15H24N2O4. The Labute approximate surface area is 124 Å². The van der Waals surface area contributed by atoms with Gasteiger partial charge in [0.2, 0.25) is 5.91 Å². The van der Waals surface area contributed by atoms with Gasteiger partial charge in [-0.15, -0.1) is 0 Å². The lowest BCUT2D eigenvalue weighted by Gasteiger charge is -2.42. The Morgan fingerprint density at radius 3 is 2.76 bits per heavy atom. The summed E-state index contributed by atoms with van der Waals surface area (Å²) in [7, 11) is 0. The van der Waals surface area contributed by atoms with E-state index in [1.165, 1.54) is 24.2 Å². The molecule has 1 amide bonds. The minimum Gasteiger partial charge on any atom is -0.480 e. The number of nitrogens with one attached hydrogen (secondary N) is 1. The first-order valence-corrected chi connectivity index (χ1v) is 8.04. The van der Waals surface area contributed by atoms with Crippen molar-refractivity contribution in [2.75, 3.05) is 19.8 Å². The van der Waals surface area contributed by atoms with Crippen molar-refractivity contribution < 1.29 is 19.4 Å². The van der Waals surface area contributed by atoms with E-state index in [9.17, 15) is 14.7 Å². The largest absolute Gasteiger partial charge is 0.480 e. The van der Waals surface area contributed by atoms with E-state index in [0.29, 0.717) is 25.1 Å². The van der Waals surface area contributed by atoms with Crippen LogP contribution in [0.1, 0.15) is 38.5 Å². The number of rotatable bonds is 2. The molecule has 6 nitrogen and oxygen atoms in total. The number of fused-ring (bicyclic) bond motifs is 1. The van der Waals surface area contributed by atoms with Crippen LogP contribution in [-0.4, -0.2) is 59.8 Å². The third-order valence-electron chi connectivity index (χ3n) is 5.15. The highest BCUT2D eigenvalue weighted by molar-refractivity contribution is 5.87. The van der Waals surface area contributed by atoms with Crippen LogP contribution in [0, 0.1) is 5.92 Å². The molecule has 3 rings (SSSR count). The highest BCUT2D eigenvalue weighted by atomic mass is 16.5. The van der Waals surface area contributed by atoms with Gasteiger partial charge in [0.1, 0.15) is 0 Å². The fourth-order valence-electron chi connectivity index (χ4n) is 3.96. The number of carbonyl (C=O) groups excluding carboxylic acids is 1. The van der Waals surface area contributed by atoms with Crippen LogP contribution in [0.25, 0.3) is 0 Å². The van der Waals surface area contributed by atoms with Crippen LogP contribution in [0.15, 0.2) is 0 Å². The van der Waals surface area contributed by atoms with E-state index < -0.39 is 12.0 Å². The molecule has 6 heteroatoms. The quantitative estimate of drug-likeness (QED) is 0.780. The zero-order valence-corrected chi connectivity index (χ0v) is 12.3. The Morgan fingerprint density at radius 2 is 1.95 bits per heavy atom. The second-order valence-electron chi connectivity index (χ2n) is 6.41. The Balaban J connectivity index is 1.65. The zero-order valence-electron chi connectivity index (χ0n) is 12.3. The molecule has 0 bridgehead atoms. The topological polar surface area (TPSA) is 78.9 Å². The molecule has 4 unspecified atom stereocenters. The normalized spacial score (nSPS) is 36.9. The van der Waals surface area contributed by atoms with Crippen LogP contribution < -0.4 is 5.32 Å². The Kier molecular flexibility index (Phi) is 4.45. The monoisotopic (exact) mass is 296 g/mol. The van der Waals surface area contributed by atoms with Crippen LogP contribution >= 0.6 is 0 Å². The summed E-state index contributed by atoms with van der Waals surface area (Å²) >= 11 is 0. The Hall–Kier alpha value is -1.14. The van der Waals surface area contributed by atoms with Crippen molar-refractivity contribution in [1.29, 1.82) is 0 Å². The minimum absolute atomic E-state index is 0.0604. The van der Waals surface area contributed by atoms with Gasteiger partial charge in [0, 0.05) is 12.6 Å². The molecule has 2 aliphatic heterocycles. The first-order valence-electron chi connectivity index (χ1n) is 8.04. The number of hydrogen-bond acceptors (Lipinski definition) is 4. The number of piperidine rings is 1. The Bertz CT molecular complexity index is 414. The van der Waals surface area contributed by atoms with E-state index in [0.717, 1.165) is 19.3 Å². The number of amides is 1. The third kappa shape index (κ3) is 3.06. The van der Waals surface area contributed by atoms with E-state index in [2.05, 4.69) is 5.32 Å². The predicted octanol–water partition coefficient (Wildman–Crippen LogP) is 0.609. The minimum atomic E-state index is -0.977. The van der Waals surface area contributed by atoms with E-state index in [1.54, 1.807) is 0 Å². The number of morpholine rings is 1. The lowest BCUT2D eigenvalue weighted by atomic mass is 9.77. The number of carboxylic acid groups (broad SMARTS) is 1. The molecule has 0 aromatic heterocycles. The maximum Gasteiger partial charge on any atom is 0.328 e. The average molecular weight is 296 g/mol. The molecule has 1 aliphatic carbocycles. The summed E-state index contributed by atoms with van der Waals surface area (Å²) < 4.78 is 5.20. The van der Waals surface area contributed by atoms with Crippen molar-refractivity contribution in [3.63, 3.8) is 0 Å². The number of carbonyl (C=O) groups is 2. The number of carboxylic acids is 1.